The van der Waals surface area contributed by atoms with Crippen molar-refractivity contribution < 1.29 is 0 Å². The number of aryl methyl sites for hydroxylation is 1. The Bertz CT molecular complexity index is 564. The predicted octanol–water partition coefficient (Wildman–Crippen LogP) is 2.51. The van der Waals surface area contributed by atoms with Gasteiger partial charge in [0.2, 0.25) is 0 Å². The standard InChI is InChI=1S/C16H23N5S/c1-11-7-15(18-10-17-11)12(2)19-20-16(22)21-8-13-3-4-14(9-21)6-5-13/h7,10,13-14H,3-6,8-9H2,1-2H3,(H,20,22)/b19-12+. The number of fused-ring (bicyclic) bond motifs is 4. The van der Waals surface area contributed by atoms with Crippen LogP contribution in [0.25, 0.3) is 0 Å². The van der Waals surface area contributed by atoms with Crippen LogP contribution in [0.5, 0.6) is 0 Å². The van der Waals surface area contributed by atoms with Gasteiger partial charge in [0.15, 0.2) is 5.11 Å². The van der Waals surface area contributed by atoms with Crippen LogP contribution >= 0.6 is 12.2 Å². The van der Waals surface area contributed by atoms with Crippen molar-refractivity contribution in [3.63, 3.8) is 0 Å². The molecule has 1 N–H and O–H groups in total. The zero-order chi connectivity index (χ0) is 15.5. The Morgan fingerprint density at radius 1 is 1.23 bits per heavy atom. The van der Waals surface area contributed by atoms with E-state index in [2.05, 4.69) is 25.4 Å². The van der Waals surface area contributed by atoms with Gasteiger partial charge in [-0.15, -0.1) is 0 Å². The number of thiocarbonyl (C=S) groups is 1. The first-order valence-electron chi connectivity index (χ1n) is 8.00. The van der Waals surface area contributed by atoms with Gasteiger partial charge in [0.05, 0.1) is 11.4 Å². The molecule has 4 rings (SSSR count). The van der Waals surface area contributed by atoms with Gasteiger partial charge < -0.3 is 4.90 Å². The highest BCUT2D eigenvalue weighted by atomic mass is 32.1. The lowest BCUT2D eigenvalue weighted by atomic mass is 9.84. The summed E-state index contributed by atoms with van der Waals surface area (Å²) in [5.74, 6) is 1.60. The second kappa shape index (κ2) is 6.69. The molecule has 3 heterocycles. The largest absolute Gasteiger partial charge is 0.347 e. The van der Waals surface area contributed by atoms with Gasteiger partial charge in [0.1, 0.15) is 6.33 Å². The van der Waals surface area contributed by atoms with E-state index in [9.17, 15) is 0 Å². The minimum Gasteiger partial charge on any atom is -0.347 e. The molecule has 1 saturated carbocycles. The average Bonchev–Trinajstić information content (AvgIpc) is 2.86. The number of aromatic nitrogens is 2. The maximum atomic E-state index is 5.54. The minimum atomic E-state index is 0.740. The third-order valence-corrected chi connectivity index (χ3v) is 5.05. The summed E-state index contributed by atoms with van der Waals surface area (Å²) in [7, 11) is 0. The number of hydrazone groups is 1. The third-order valence-electron chi connectivity index (χ3n) is 4.70. The van der Waals surface area contributed by atoms with Gasteiger partial charge in [0.25, 0.3) is 0 Å². The van der Waals surface area contributed by atoms with E-state index in [0.29, 0.717) is 0 Å². The number of hydrogen-bond acceptors (Lipinski definition) is 4. The summed E-state index contributed by atoms with van der Waals surface area (Å²) in [4.78, 5) is 10.6. The van der Waals surface area contributed by atoms with E-state index < -0.39 is 0 Å². The van der Waals surface area contributed by atoms with Crippen LogP contribution in [0.2, 0.25) is 0 Å². The van der Waals surface area contributed by atoms with Crippen molar-refractivity contribution in [3.8, 4) is 0 Å². The van der Waals surface area contributed by atoms with Crippen LogP contribution in [0.3, 0.4) is 0 Å². The fourth-order valence-electron chi connectivity index (χ4n) is 3.37. The predicted molar refractivity (Wildman–Crippen MR) is 91.7 cm³/mol. The topological polar surface area (TPSA) is 53.4 Å². The maximum Gasteiger partial charge on any atom is 0.189 e. The van der Waals surface area contributed by atoms with Crippen LogP contribution < -0.4 is 5.43 Å². The van der Waals surface area contributed by atoms with E-state index in [1.807, 2.05) is 19.9 Å². The van der Waals surface area contributed by atoms with Crippen LogP contribution in [0, 0.1) is 18.8 Å². The molecular weight excluding hydrogens is 294 g/mol. The molecule has 0 atom stereocenters. The Labute approximate surface area is 137 Å². The molecule has 0 unspecified atom stereocenters. The van der Waals surface area contributed by atoms with E-state index in [1.54, 1.807) is 6.33 Å². The smallest absolute Gasteiger partial charge is 0.189 e. The summed E-state index contributed by atoms with van der Waals surface area (Å²) in [5, 5.41) is 5.14. The van der Waals surface area contributed by atoms with Crippen molar-refractivity contribution in [1.29, 1.82) is 0 Å². The molecule has 5 nitrogen and oxygen atoms in total. The lowest BCUT2D eigenvalue weighted by molar-refractivity contribution is 0.326. The van der Waals surface area contributed by atoms with E-state index in [4.69, 9.17) is 12.2 Å². The molecule has 0 radical (unpaired) electrons. The minimum absolute atomic E-state index is 0.740. The van der Waals surface area contributed by atoms with Gasteiger partial charge in [0, 0.05) is 18.8 Å². The molecule has 0 amide bonds. The van der Waals surface area contributed by atoms with E-state index in [-0.39, 0.29) is 0 Å². The van der Waals surface area contributed by atoms with Crippen LogP contribution in [0.4, 0.5) is 0 Å². The zero-order valence-corrected chi connectivity index (χ0v) is 14.1. The molecule has 2 bridgehead atoms. The van der Waals surface area contributed by atoms with Gasteiger partial charge in [-0.1, -0.05) is 0 Å². The van der Waals surface area contributed by atoms with Crippen molar-refractivity contribution >= 4 is 23.0 Å². The molecule has 118 valence electrons. The summed E-state index contributed by atoms with van der Waals surface area (Å²) < 4.78 is 0. The fraction of sp³-hybridized carbons (Fsp3) is 0.625. The molecule has 2 aliphatic heterocycles. The molecule has 0 aromatic carbocycles. The molecule has 0 spiro atoms. The van der Waals surface area contributed by atoms with Crippen molar-refractivity contribution in [1.82, 2.24) is 20.3 Å². The van der Waals surface area contributed by atoms with E-state index in [1.165, 1.54) is 25.7 Å². The second-order valence-electron chi connectivity index (χ2n) is 6.45. The first kappa shape index (κ1) is 15.3. The number of hydrogen-bond donors (Lipinski definition) is 1. The molecule has 2 saturated heterocycles. The monoisotopic (exact) mass is 317 g/mol. The third kappa shape index (κ3) is 3.61. The quantitative estimate of drug-likeness (QED) is 0.516. The molecule has 1 aromatic rings. The molecular formula is C16H23N5S. The Morgan fingerprint density at radius 3 is 2.45 bits per heavy atom. The summed E-state index contributed by atoms with van der Waals surface area (Å²) in [6.07, 6.45) is 6.98. The highest BCUT2D eigenvalue weighted by molar-refractivity contribution is 7.80. The van der Waals surface area contributed by atoms with Crippen LogP contribution in [0.15, 0.2) is 17.5 Å². The first-order chi connectivity index (χ1) is 10.6. The highest BCUT2D eigenvalue weighted by Crippen LogP contribution is 2.33. The Balaban J connectivity index is 1.63. The van der Waals surface area contributed by atoms with Crippen molar-refractivity contribution in [3.05, 3.63) is 23.8 Å². The molecule has 6 heteroatoms. The molecule has 3 aliphatic rings. The number of nitrogens with zero attached hydrogens (tertiary/aromatic N) is 4. The van der Waals surface area contributed by atoms with Gasteiger partial charge in [-0.3, -0.25) is 5.43 Å². The lowest BCUT2D eigenvalue weighted by Gasteiger charge is -2.24. The SMILES string of the molecule is C/C(=N\NC(=S)N1CC2CCC(CC2)C1)c1cc(C)ncn1. The van der Waals surface area contributed by atoms with Gasteiger partial charge in [-0.2, -0.15) is 5.10 Å². The molecule has 22 heavy (non-hydrogen) atoms. The van der Waals surface area contributed by atoms with Crippen molar-refractivity contribution in [2.45, 2.75) is 39.5 Å². The van der Waals surface area contributed by atoms with Crippen LogP contribution in [-0.2, 0) is 0 Å². The van der Waals surface area contributed by atoms with Crippen LogP contribution in [-0.4, -0.2) is 38.8 Å². The highest BCUT2D eigenvalue weighted by Gasteiger charge is 2.30. The second-order valence-corrected chi connectivity index (χ2v) is 6.84. The van der Waals surface area contributed by atoms with Crippen molar-refractivity contribution in [2.75, 3.05) is 13.1 Å². The maximum absolute atomic E-state index is 5.54. The fourth-order valence-corrected chi connectivity index (χ4v) is 3.57. The summed E-state index contributed by atoms with van der Waals surface area (Å²) in [6.45, 7) is 6.03. The number of rotatable bonds is 2. The lowest BCUT2D eigenvalue weighted by Crippen LogP contribution is -2.40. The number of nitrogens with one attached hydrogen (secondary N) is 1. The molecule has 3 fully saturated rings. The van der Waals surface area contributed by atoms with Gasteiger partial charge >= 0.3 is 0 Å². The van der Waals surface area contributed by atoms with Gasteiger partial charge in [-0.05, 0) is 69.7 Å². The normalized spacial score (nSPS) is 25.0. The van der Waals surface area contributed by atoms with Crippen molar-refractivity contribution in [2.24, 2.45) is 16.9 Å². The Hall–Kier alpha value is -1.56. The Morgan fingerprint density at radius 2 is 1.86 bits per heavy atom. The first-order valence-corrected chi connectivity index (χ1v) is 8.41. The average molecular weight is 317 g/mol. The summed E-state index contributed by atoms with van der Waals surface area (Å²) >= 11 is 5.54. The van der Waals surface area contributed by atoms with E-state index in [0.717, 1.165) is 47.1 Å². The Kier molecular flexibility index (Phi) is 4.66. The van der Waals surface area contributed by atoms with Crippen LogP contribution in [0.1, 0.15) is 44.0 Å². The molecule has 1 aromatic heterocycles. The molecule has 1 aliphatic carbocycles. The van der Waals surface area contributed by atoms with E-state index >= 15 is 0 Å². The zero-order valence-electron chi connectivity index (χ0n) is 13.2. The van der Waals surface area contributed by atoms with Gasteiger partial charge in [-0.25, -0.2) is 9.97 Å². The summed E-state index contributed by atoms with van der Waals surface area (Å²) in [6, 6.07) is 1.93. The summed E-state index contributed by atoms with van der Waals surface area (Å²) in [5.41, 5.74) is 5.64.